The van der Waals surface area contributed by atoms with E-state index >= 15 is 0 Å². The number of methoxy groups -OCH3 is 1. The summed E-state index contributed by atoms with van der Waals surface area (Å²) >= 11 is 4.95. The van der Waals surface area contributed by atoms with Gasteiger partial charge in [0, 0.05) is 14.0 Å². The van der Waals surface area contributed by atoms with Crippen molar-refractivity contribution in [2.45, 2.75) is 20.0 Å². The van der Waals surface area contributed by atoms with E-state index in [0.717, 1.165) is 0 Å². The van der Waals surface area contributed by atoms with Gasteiger partial charge in [-0.1, -0.05) is 11.6 Å². The number of esters is 1. The molecule has 0 rings (SSSR count). The number of carbonyl (C=O) groups excluding carboxylic acids is 1. The topological polar surface area (TPSA) is 55.8 Å². The molecule has 8 heteroatoms. The van der Waals surface area contributed by atoms with Crippen LogP contribution in [0.5, 0.6) is 0 Å². The molecule has 0 saturated carbocycles. The van der Waals surface area contributed by atoms with Crippen LogP contribution in [0.3, 0.4) is 0 Å². The van der Waals surface area contributed by atoms with E-state index in [1.54, 1.807) is 14.0 Å². The Hall–Kier alpha value is -0.530. The zero-order valence-electron chi connectivity index (χ0n) is 8.77. The van der Waals surface area contributed by atoms with Gasteiger partial charge < -0.3 is 14.6 Å². The monoisotopic (exact) mass is 258 g/mol. The first-order chi connectivity index (χ1) is 5.54. The number of hydrogen-bond acceptors (Lipinski definition) is 4. The van der Waals surface area contributed by atoms with E-state index in [9.17, 15) is 4.79 Å². The molecular formula is C7H18ClF3O4. The molecule has 1 atom stereocenters. The summed E-state index contributed by atoms with van der Waals surface area (Å²) in [6.07, 6.45) is -0.324. The summed E-state index contributed by atoms with van der Waals surface area (Å²) in [6.45, 7) is 3.42. The van der Waals surface area contributed by atoms with Gasteiger partial charge in [0.15, 0.2) is 6.07 Å². The van der Waals surface area contributed by atoms with Gasteiger partial charge in [0.05, 0.1) is 12.7 Å². The predicted molar refractivity (Wildman–Crippen MR) is 53.6 cm³/mol. The van der Waals surface area contributed by atoms with E-state index in [4.69, 9.17) is 16.7 Å². The van der Waals surface area contributed by atoms with Gasteiger partial charge in [-0.3, -0.25) is 18.9 Å². The summed E-state index contributed by atoms with van der Waals surface area (Å²) in [5.74, 6) is -0.343. The van der Waals surface area contributed by atoms with Gasteiger partial charge >= 0.3 is 5.97 Å². The fraction of sp³-hybridized carbons (Fsp3) is 0.857. The summed E-state index contributed by atoms with van der Waals surface area (Å²) in [6, 6.07) is -0.0463. The van der Waals surface area contributed by atoms with Gasteiger partial charge in [0.1, 0.15) is 0 Å². The second kappa shape index (κ2) is 23.4. The molecule has 0 aliphatic carbocycles. The minimum absolute atomic E-state index is 0. The fourth-order valence-electron chi connectivity index (χ4n) is 0.318. The zero-order valence-corrected chi connectivity index (χ0v) is 9.52. The molecule has 0 fully saturated rings. The first-order valence-electron chi connectivity index (χ1n) is 3.40. The Balaban J connectivity index is -0.0000000370. The van der Waals surface area contributed by atoms with Crippen molar-refractivity contribution in [2.75, 3.05) is 19.8 Å². The Morgan fingerprint density at radius 1 is 1.40 bits per heavy atom. The Labute approximate surface area is 91.6 Å². The molecular weight excluding hydrogens is 241 g/mol. The highest BCUT2D eigenvalue weighted by Gasteiger charge is 1.87. The number of alkyl halides is 1. The Bertz CT molecular complexity index is 116. The molecule has 1 unspecified atom stereocenters. The van der Waals surface area contributed by atoms with Crippen LogP contribution in [-0.4, -0.2) is 37.0 Å². The van der Waals surface area contributed by atoms with E-state index in [1.165, 1.54) is 6.92 Å². The lowest BCUT2D eigenvalue weighted by molar-refractivity contribution is -0.138. The lowest BCUT2D eigenvalue weighted by atomic mass is 10.5. The second-order valence-electron chi connectivity index (χ2n) is 2.05. The van der Waals surface area contributed by atoms with E-state index in [2.05, 4.69) is 9.47 Å². The third-order valence-electron chi connectivity index (χ3n) is 0.666. The molecule has 0 aliphatic heterocycles. The molecule has 0 aromatic rings. The van der Waals surface area contributed by atoms with Crippen LogP contribution >= 0.6 is 11.6 Å². The third kappa shape index (κ3) is 59.2. The van der Waals surface area contributed by atoms with Crippen molar-refractivity contribution in [3.63, 3.8) is 0 Å². The summed E-state index contributed by atoms with van der Waals surface area (Å²) in [5, 5.41) is 8.43. The number of hydrogen-bond donors (Lipinski definition) is 1. The van der Waals surface area contributed by atoms with Crippen LogP contribution in [0, 0.1) is 0 Å². The molecule has 0 bridgehead atoms. The lowest BCUT2D eigenvalue weighted by Crippen LogP contribution is -2.07. The number of carbonyl (C=O) groups is 1. The van der Waals surface area contributed by atoms with Crippen LogP contribution in [0.2, 0.25) is 0 Å². The van der Waals surface area contributed by atoms with Crippen molar-refractivity contribution in [1.82, 2.24) is 0 Å². The summed E-state index contributed by atoms with van der Waals surface area (Å²) in [4.78, 5) is 9.74. The third-order valence-corrected chi connectivity index (χ3v) is 0.775. The highest BCUT2D eigenvalue weighted by Crippen LogP contribution is 1.77. The first kappa shape index (κ1) is 29.3. The van der Waals surface area contributed by atoms with Crippen LogP contribution in [0.15, 0.2) is 0 Å². The molecule has 0 aromatic carbocycles. The molecule has 15 heavy (non-hydrogen) atoms. The van der Waals surface area contributed by atoms with Crippen LogP contribution in [0.25, 0.3) is 0 Å². The van der Waals surface area contributed by atoms with Crippen molar-refractivity contribution in [3.05, 3.63) is 0 Å². The van der Waals surface area contributed by atoms with E-state index < -0.39 is 0 Å². The van der Waals surface area contributed by atoms with Crippen LogP contribution < -0.4 is 0 Å². The van der Waals surface area contributed by atoms with Crippen LogP contribution in [0.4, 0.5) is 14.1 Å². The smallest absolute Gasteiger partial charge is 0.303 e. The number of halogens is 4. The molecule has 0 aromatic heterocycles. The quantitative estimate of drug-likeness (QED) is 0.611. The number of aliphatic hydroxyl groups excluding tert-OH is 1. The summed E-state index contributed by atoms with van der Waals surface area (Å²) < 4.78 is 8.72. The largest absolute Gasteiger partial charge is 0.450 e. The molecule has 1 N–H and O–H groups in total. The standard InChI is InChI=1S/C4H10O2.C3H5ClO2.3FH/c1-4(5)3-6-2;1-3(5)6-2-4;;;/h4-5H,3H2,1-2H3;2H2,1H3;3*1H. The van der Waals surface area contributed by atoms with E-state index in [-0.39, 0.29) is 32.3 Å². The normalized spacial score (nSPS) is 8.87. The summed E-state index contributed by atoms with van der Waals surface area (Å²) in [5.41, 5.74) is 0. The summed E-state index contributed by atoms with van der Waals surface area (Å²) in [7, 11) is 1.56. The Morgan fingerprint density at radius 2 is 1.80 bits per heavy atom. The number of aliphatic hydroxyl groups is 1. The first-order valence-corrected chi connectivity index (χ1v) is 3.94. The minimum Gasteiger partial charge on any atom is -0.450 e. The van der Waals surface area contributed by atoms with Gasteiger partial charge in [-0.15, -0.1) is 0 Å². The maximum absolute atomic E-state index is 9.74. The highest BCUT2D eigenvalue weighted by molar-refractivity contribution is 6.17. The lowest BCUT2D eigenvalue weighted by Gasteiger charge is -1.97. The van der Waals surface area contributed by atoms with E-state index in [0.29, 0.717) is 6.61 Å². The molecule has 0 radical (unpaired) electrons. The van der Waals surface area contributed by atoms with Crippen molar-refractivity contribution in [1.29, 1.82) is 0 Å². The van der Waals surface area contributed by atoms with Gasteiger partial charge in [0.2, 0.25) is 0 Å². The number of rotatable bonds is 3. The number of ether oxygens (including phenoxy) is 2. The van der Waals surface area contributed by atoms with E-state index in [1.807, 2.05) is 0 Å². The average molecular weight is 259 g/mol. The molecule has 4 nitrogen and oxygen atoms in total. The molecule has 0 saturated heterocycles. The second-order valence-corrected chi connectivity index (χ2v) is 2.27. The molecule has 0 spiro atoms. The van der Waals surface area contributed by atoms with Gasteiger partial charge in [-0.05, 0) is 6.92 Å². The van der Waals surface area contributed by atoms with Crippen molar-refractivity contribution in [3.8, 4) is 0 Å². The van der Waals surface area contributed by atoms with Gasteiger partial charge in [-0.2, -0.15) is 0 Å². The zero-order chi connectivity index (χ0) is 9.98. The maximum atomic E-state index is 9.74. The van der Waals surface area contributed by atoms with Gasteiger partial charge in [-0.25, -0.2) is 0 Å². The predicted octanol–water partition coefficient (Wildman–Crippen LogP) is 1.22. The molecule has 0 aliphatic rings. The fourth-order valence-corrected chi connectivity index (χ4v) is 0.472. The molecule has 98 valence electrons. The molecule has 0 heterocycles. The highest BCUT2D eigenvalue weighted by atomic mass is 35.5. The van der Waals surface area contributed by atoms with Gasteiger partial charge in [0.25, 0.3) is 0 Å². The van der Waals surface area contributed by atoms with Crippen LogP contribution in [-0.2, 0) is 14.3 Å². The van der Waals surface area contributed by atoms with Crippen molar-refractivity contribution in [2.24, 2.45) is 0 Å². The van der Waals surface area contributed by atoms with Crippen molar-refractivity contribution < 1.29 is 33.5 Å². The van der Waals surface area contributed by atoms with Crippen LogP contribution in [0.1, 0.15) is 13.8 Å². The minimum atomic E-state index is -0.343. The van der Waals surface area contributed by atoms with Crippen molar-refractivity contribution >= 4 is 17.6 Å². The molecule has 0 amide bonds. The maximum Gasteiger partial charge on any atom is 0.303 e. The average Bonchev–Trinajstić information content (AvgIpc) is 1.87. The SMILES string of the molecule is CC(=O)OCCl.COCC(C)O.F.F.F. The Morgan fingerprint density at radius 3 is 1.80 bits per heavy atom. The Kier molecular flexibility index (Phi) is 45.6.